The molecule has 1 aromatic rings. The van der Waals surface area contributed by atoms with Crippen LogP contribution in [0.15, 0.2) is 24.3 Å². The molecule has 0 unspecified atom stereocenters. The zero-order chi connectivity index (χ0) is 12.2. The van der Waals surface area contributed by atoms with Crippen molar-refractivity contribution in [2.45, 2.75) is 12.8 Å². The van der Waals surface area contributed by atoms with Crippen molar-refractivity contribution < 1.29 is 23.0 Å². The monoisotopic (exact) mass is 230 g/mol. The van der Waals surface area contributed by atoms with Crippen LogP contribution in [0.3, 0.4) is 0 Å². The van der Waals surface area contributed by atoms with Gasteiger partial charge in [0, 0.05) is 12.5 Å². The van der Waals surface area contributed by atoms with E-state index in [2.05, 4.69) is 4.74 Å². The minimum atomic E-state index is -3.18. The van der Waals surface area contributed by atoms with Gasteiger partial charge in [0.2, 0.25) is 0 Å². The SMILES string of the molecule is COc1ccc(C(F)(F)COC(C)=O)cc1. The highest BCUT2D eigenvalue weighted by Gasteiger charge is 2.33. The Labute approximate surface area is 92.0 Å². The van der Waals surface area contributed by atoms with Crippen LogP contribution in [0.1, 0.15) is 12.5 Å². The van der Waals surface area contributed by atoms with Gasteiger partial charge in [-0.15, -0.1) is 0 Å². The van der Waals surface area contributed by atoms with Crippen molar-refractivity contribution in [3.8, 4) is 5.75 Å². The highest BCUT2D eigenvalue weighted by Crippen LogP contribution is 2.29. The molecule has 1 rings (SSSR count). The minimum Gasteiger partial charge on any atom is -0.497 e. The average molecular weight is 230 g/mol. The standard InChI is InChI=1S/C11H12F2O3/c1-8(14)16-7-11(12,13)9-3-5-10(15-2)6-4-9/h3-6H,7H2,1-2H3. The number of rotatable bonds is 4. The molecule has 0 aliphatic heterocycles. The molecule has 16 heavy (non-hydrogen) atoms. The summed E-state index contributed by atoms with van der Waals surface area (Å²) in [4.78, 5) is 10.4. The van der Waals surface area contributed by atoms with Gasteiger partial charge in [0.1, 0.15) is 5.75 Å². The quantitative estimate of drug-likeness (QED) is 0.745. The molecule has 0 radical (unpaired) electrons. The summed E-state index contributed by atoms with van der Waals surface area (Å²) in [5.74, 6) is -3.42. The first kappa shape index (κ1) is 12.4. The Morgan fingerprint density at radius 2 is 1.88 bits per heavy atom. The van der Waals surface area contributed by atoms with Crippen LogP contribution in [-0.2, 0) is 15.5 Å². The highest BCUT2D eigenvalue weighted by molar-refractivity contribution is 5.65. The Morgan fingerprint density at radius 3 is 2.31 bits per heavy atom. The van der Waals surface area contributed by atoms with E-state index in [-0.39, 0.29) is 5.56 Å². The van der Waals surface area contributed by atoms with E-state index < -0.39 is 18.5 Å². The highest BCUT2D eigenvalue weighted by atomic mass is 19.3. The topological polar surface area (TPSA) is 35.5 Å². The Morgan fingerprint density at radius 1 is 1.31 bits per heavy atom. The van der Waals surface area contributed by atoms with E-state index in [0.717, 1.165) is 6.92 Å². The fraction of sp³-hybridized carbons (Fsp3) is 0.364. The van der Waals surface area contributed by atoms with Gasteiger partial charge in [-0.3, -0.25) is 4.79 Å². The number of methoxy groups -OCH3 is 1. The van der Waals surface area contributed by atoms with Crippen molar-refractivity contribution in [3.05, 3.63) is 29.8 Å². The van der Waals surface area contributed by atoms with Gasteiger partial charge >= 0.3 is 11.9 Å². The second kappa shape index (κ2) is 4.92. The van der Waals surface area contributed by atoms with E-state index >= 15 is 0 Å². The molecule has 0 fully saturated rings. The van der Waals surface area contributed by atoms with Crippen LogP contribution in [-0.4, -0.2) is 19.7 Å². The maximum absolute atomic E-state index is 13.4. The molecule has 0 saturated carbocycles. The van der Waals surface area contributed by atoms with E-state index in [1.165, 1.54) is 31.4 Å². The molecule has 0 spiro atoms. The van der Waals surface area contributed by atoms with Crippen molar-refractivity contribution in [1.29, 1.82) is 0 Å². The van der Waals surface area contributed by atoms with Gasteiger partial charge < -0.3 is 9.47 Å². The fourth-order valence-electron chi connectivity index (χ4n) is 1.11. The third-order valence-corrected chi connectivity index (χ3v) is 1.97. The number of hydrogen-bond donors (Lipinski definition) is 0. The van der Waals surface area contributed by atoms with Crippen LogP contribution in [0.5, 0.6) is 5.75 Å². The van der Waals surface area contributed by atoms with Crippen molar-refractivity contribution in [3.63, 3.8) is 0 Å². The van der Waals surface area contributed by atoms with Crippen molar-refractivity contribution in [1.82, 2.24) is 0 Å². The maximum atomic E-state index is 13.4. The van der Waals surface area contributed by atoms with Crippen LogP contribution < -0.4 is 4.74 Å². The average Bonchev–Trinajstić information content (AvgIpc) is 2.27. The second-order valence-electron chi connectivity index (χ2n) is 3.21. The lowest BCUT2D eigenvalue weighted by Gasteiger charge is -2.16. The zero-order valence-corrected chi connectivity index (χ0v) is 9.00. The summed E-state index contributed by atoms with van der Waals surface area (Å²) < 4.78 is 36.0. The first-order valence-electron chi connectivity index (χ1n) is 4.61. The molecule has 0 bridgehead atoms. The molecule has 0 aliphatic rings. The van der Waals surface area contributed by atoms with Crippen molar-refractivity contribution >= 4 is 5.97 Å². The van der Waals surface area contributed by atoms with Gasteiger partial charge in [-0.05, 0) is 24.3 Å². The maximum Gasteiger partial charge on any atom is 0.306 e. The lowest BCUT2D eigenvalue weighted by Crippen LogP contribution is -2.22. The zero-order valence-electron chi connectivity index (χ0n) is 9.00. The Hall–Kier alpha value is -1.65. The first-order chi connectivity index (χ1) is 7.45. The number of halogens is 2. The van der Waals surface area contributed by atoms with E-state index in [4.69, 9.17) is 4.74 Å². The van der Waals surface area contributed by atoms with Crippen molar-refractivity contribution in [2.75, 3.05) is 13.7 Å². The van der Waals surface area contributed by atoms with E-state index in [0.29, 0.717) is 5.75 Å². The minimum absolute atomic E-state index is 0.213. The molecular formula is C11H12F2O3. The third kappa shape index (κ3) is 3.18. The Bertz CT molecular complexity index is 360. The number of alkyl halides is 2. The number of benzene rings is 1. The number of ether oxygens (including phenoxy) is 2. The van der Waals surface area contributed by atoms with Gasteiger partial charge in [-0.25, -0.2) is 0 Å². The normalized spacial score (nSPS) is 11.0. The summed E-state index contributed by atoms with van der Waals surface area (Å²) in [6.07, 6.45) is 0. The van der Waals surface area contributed by atoms with Crippen LogP contribution >= 0.6 is 0 Å². The summed E-state index contributed by atoms with van der Waals surface area (Å²) in [6.45, 7) is 0.138. The molecular weight excluding hydrogens is 218 g/mol. The third-order valence-electron chi connectivity index (χ3n) is 1.97. The molecule has 0 N–H and O–H groups in total. The van der Waals surface area contributed by atoms with Crippen LogP contribution in [0.4, 0.5) is 8.78 Å². The summed E-state index contributed by atoms with van der Waals surface area (Å²) in [5, 5.41) is 0. The Kier molecular flexibility index (Phi) is 3.82. The van der Waals surface area contributed by atoms with E-state index in [1.54, 1.807) is 0 Å². The van der Waals surface area contributed by atoms with Gasteiger partial charge in [0.05, 0.1) is 7.11 Å². The van der Waals surface area contributed by atoms with Gasteiger partial charge in [0.25, 0.3) is 0 Å². The predicted molar refractivity (Wildman–Crippen MR) is 53.5 cm³/mol. The van der Waals surface area contributed by atoms with Gasteiger partial charge in [0.15, 0.2) is 6.61 Å². The lowest BCUT2D eigenvalue weighted by molar-refractivity contribution is -0.153. The first-order valence-corrected chi connectivity index (χ1v) is 4.61. The molecule has 3 nitrogen and oxygen atoms in total. The summed E-state index contributed by atoms with van der Waals surface area (Å²) in [7, 11) is 1.45. The molecule has 0 heterocycles. The number of esters is 1. The summed E-state index contributed by atoms with van der Waals surface area (Å²) in [5.41, 5.74) is -0.213. The molecule has 88 valence electrons. The summed E-state index contributed by atoms with van der Waals surface area (Å²) >= 11 is 0. The van der Waals surface area contributed by atoms with Gasteiger partial charge in [-0.2, -0.15) is 8.78 Å². The summed E-state index contributed by atoms with van der Waals surface area (Å²) in [6, 6.07) is 5.33. The number of carbonyl (C=O) groups excluding carboxylic acids is 1. The molecule has 0 aliphatic carbocycles. The smallest absolute Gasteiger partial charge is 0.306 e. The van der Waals surface area contributed by atoms with E-state index in [9.17, 15) is 13.6 Å². The van der Waals surface area contributed by atoms with Crippen LogP contribution in [0.2, 0.25) is 0 Å². The molecule has 1 aromatic carbocycles. The largest absolute Gasteiger partial charge is 0.497 e. The fourth-order valence-corrected chi connectivity index (χ4v) is 1.11. The molecule has 5 heteroatoms. The molecule has 0 atom stereocenters. The van der Waals surface area contributed by atoms with Crippen LogP contribution in [0.25, 0.3) is 0 Å². The molecule has 0 amide bonds. The second-order valence-corrected chi connectivity index (χ2v) is 3.21. The van der Waals surface area contributed by atoms with E-state index in [1.807, 2.05) is 0 Å². The number of carbonyl (C=O) groups is 1. The van der Waals surface area contributed by atoms with Crippen LogP contribution in [0, 0.1) is 0 Å². The van der Waals surface area contributed by atoms with Crippen molar-refractivity contribution in [2.24, 2.45) is 0 Å². The number of hydrogen-bond acceptors (Lipinski definition) is 3. The molecule has 0 saturated heterocycles. The predicted octanol–water partition coefficient (Wildman–Crippen LogP) is 2.35. The molecule has 0 aromatic heterocycles. The lowest BCUT2D eigenvalue weighted by atomic mass is 10.1. The Balaban J connectivity index is 2.76. The van der Waals surface area contributed by atoms with Gasteiger partial charge in [-0.1, -0.05) is 0 Å².